The molecule has 0 atom stereocenters. The van der Waals surface area contributed by atoms with E-state index >= 15 is 0 Å². The molecule has 0 aliphatic heterocycles. The summed E-state index contributed by atoms with van der Waals surface area (Å²) in [5, 5.41) is 6.37. The minimum absolute atomic E-state index is 0.985. The first-order valence-corrected chi connectivity index (χ1v) is 5.36. The van der Waals surface area contributed by atoms with Crippen molar-refractivity contribution in [3.8, 4) is 0 Å². The third-order valence-electron chi connectivity index (χ3n) is 2.47. The predicted octanol–water partition coefficient (Wildman–Crippen LogP) is 1.38. The molecule has 3 heteroatoms. The fraction of sp³-hybridized carbons (Fsp3) is 0.500. The van der Waals surface area contributed by atoms with Gasteiger partial charge in [-0.2, -0.15) is 0 Å². The van der Waals surface area contributed by atoms with Crippen molar-refractivity contribution < 1.29 is 0 Å². The Morgan fingerprint density at radius 3 is 2.60 bits per heavy atom. The van der Waals surface area contributed by atoms with Gasteiger partial charge in [0.2, 0.25) is 0 Å². The van der Waals surface area contributed by atoms with Crippen LogP contribution in [0.25, 0.3) is 0 Å². The average molecular weight is 207 g/mol. The van der Waals surface area contributed by atoms with Crippen LogP contribution in [0.1, 0.15) is 5.56 Å². The van der Waals surface area contributed by atoms with E-state index in [1.807, 2.05) is 14.1 Å². The van der Waals surface area contributed by atoms with Crippen LogP contribution in [-0.2, 0) is 6.54 Å². The summed E-state index contributed by atoms with van der Waals surface area (Å²) in [6, 6.07) is 8.42. The Labute approximate surface area is 92.5 Å². The minimum Gasteiger partial charge on any atom is -0.388 e. The monoisotopic (exact) mass is 207 g/mol. The molecule has 0 bridgehead atoms. The predicted molar refractivity (Wildman–Crippen MR) is 66.2 cm³/mol. The molecule has 0 aliphatic rings. The van der Waals surface area contributed by atoms with Gasteiger partial charge in [-0.3, -0.25) is 0 Å². The number of rotatable bonds is 6. The third kappa shape index (κ3) is 3.90. The highest BCUT2D eigenvalue weighted by Crippen LogP contribution is 2.15. The van der Waals surface area contributed by atoms with Gasteiger partial charge in [0.15, 0.2) is 0 Å². The second-order valence-corrected chi connectivity index (χ2v) is 3.75. The highest BCUT2D eigenvalue weighted by molar-refractivity contribution is 5.50. The van der Waals surface area contributed by atoms with Crippen molar-refractivity contribution in [2.24, 2.45) is 0 Å². The molecule has 0 aliphatic carbocycles. The van der Waals surface area contributed by atoms with Crippen molar-refractivity contribution >= 4 is 5.69 Å². The van der Waals surface area contributed by atoms with E-state index in [1.54, 1.807) is 0 Å². The first kappa shape index (κ1) is 12.0. The van der Waals surface area contributed by atoms with Gasteiger partial charge in [-0.15, -0.1) is 0 Å². The van der Waals surface area contributed by atoms with Crippen LogP contribution in [0.3, 0.4) is 0 Å². The molecule has 0 amide bonds. The molecule has 0 aromatic heterocycles. The standard InChI is InChI=1S/C12H21N3/c1-13-8-9-15(3)10-11-6-4-5-7-12(11)14-2/h4-7,13-14H,8-10H2,1-3H3. The van der Waals surface area contributed by atoms with E-state index in [-0.39, 0.29) is 0 Å². The lowest BCUT2D eigenvalue weighted by atomic mass is 10.1. The lowest BCUT2D eigenvalue weighted by Gasteiger charge is -2.18. The first-order chi connectivity index (χ1) is 7.27. The number of nitrogens with one attached hydrogen (secondary N) is 2. The van der Waals surface area contributed by atoms with Crippen LogP contribution in [0.4, 0.5) is 5.69 Å². The summed E-state index contributed by atoms with van der Waals surface area (Å²) < 4.78 is 0. The van der Waals surface area contributed by atoms with E-state index in [2.05, 4.69) is 46.8 Å². The van der Waals surface area contributed by atoms with Crippen molar-refractivity contribution in [3.63, 3.8) is 0 Å². The largest absolute Gasteiger partial charge is 0.388 e. The van der Waals surface area contributed by atoms with Crippen molar-refractivity contribution in [1.82, 2.24) is 10.2 Å². The average Bonchev–Trinajstić information content (AvgIpc) is 2.27. The van der Waals surface area contributed by atoms with E-state index in [9.17, 15) is 0 Å². The third-order valence-corrected chi connectivity index (χ3v) is 2.47. The number of hydrogen-bond donors (Lipinski definition) is 2. The van der Waals surface area contributed by atoms with Gasteiger partial charge in [-0.25, -0.2) is 0 Å². The van der Waals surface area contributed by atoms with Gasteiger partial charge in [0, 0.05) is 32.4 Å². The summed E-state index contributed by atoms with van der Waals surface area (Å²) in [5.41, 5.74) is 2.56. The van der Waals surface area contributed by atoms with Gasteiger partial charge < -0.3 is 15.5 Å². The van der Waals surface area contributed by atoms with Gasteiger partial charge in [-0.1, -0.05) is 18.2 Å². The molecule has 0 spiro atoms. The number of benzene rings is 1. The second kappa shape index (κ2) is 6.43. The van der Waals surface area contributed by atoms with E-state index < -0.39 is 0 Å². The zero-order valence-electron chi connectivity index (χ0n) is 9.88. The van der Waals surface area contributed by atoms with Crippen LogP contribution >= 0.6 is 0 Å². The molecule has 0 radical (unpaired) electrons. The van der Waals surface area contributed by atoms with Gasteiger partial charge >= 0.3 is 0 Å². The first-order valence-electron chi connectivity index (χ1n) is 5.36. The van der Waals surface area contributed by atoms with Gasteiger partial charge in [0.05, 0.1) is 0 Å². The summed E-state index contributed by atoms with van der Waals surface area (Å²) in [6.45, 7) is 3.07. The zero-order valence-corrected chi connectivity index (χ0v) is 9.88. The summed E-state index contributed by atoms with van der Waals surface area (Å²) in [5.74, 6) is 0. The number of anilines is 1. The number of para-hydroxylation sites is 1. The molecular weight excluding hydrogens is 186 g/mol. The Morgan fingerprint density at radius 2 is 1.93 bits per heavy atom. The topological polar surface area (TPSA) is 27.3 Å². The molecule has 84 valence electrons. The number of likely N-dealkylation sites (N-methyl/N-ethyl adjacent to an activating group) is 2. The maximum atomic E-state index is 3.21. The van der Waals surface area contributed by atoms with Crippen molar-refractivity contribution in [1.29, 1.82) is 0 Å². The summed E-state index contributed by atoms with van der Waals surface area (Å²) >= 11 is 0. The molecular formula is C12H21N3. The molecule has 1 rings (SSSR count). The summed E-state index contributed by atoms with van der Waals surface area (Å²) in [7, 11) is 6.09. The molecule has 1 aromatic carbocycles. The van der Waals surface area contributed by atoms with Crippen LogP contribution in [-0.4, -0.2) is 39.1 Å². The second-order valence-electron chi connectivity index (χ2n) is 3.75. The Kier molecular flexibility index (Phi) is 5.15. The highest BCUT2D eigenvalue weighted by Gasteiger charge is 2.03. The maximum absolute atomic E-state index is 3.21. The lowest BCUT2D eigenvalue weighted by molar-refractivity contribution is 0.328. The van der Waals surface area contributed by atoms with E-state index in [0.29, 0.717) is 0 Å². The van der Waals surface area contributed by atoms with Crippen LogP contribution in [0.2, 0.25) is 0 Å². The highest BCUT2D eigenvalue weighted by atomic mass is 15.1. The van der Waals surface area contributed by atoms with Crippen molar-refractivity contribution in [2.75, 3.05) is 39.5 Å². The minimum atomic E-state index is 0.985. The zero-order chi connectivity index (χ0) is 11.1. The van der Waals surface area contributed by atoms with Gasteiger partial charge in [0.25, 0.3) is 0 Å². The van der Waals surface area contributed by atoms with Gasteiger partial charge in [0.1, 0.15) is 0 Å². The van der Waals surface area contributed by atoms with E-state index in [0.717, 1.165) is 19.6 Å². The normalized spacial score (nSPS) is 10.7. The Hall–Kier alpha value is -1.06. The van der Waals surface area contributed by atoms with Gasteiger partial charge in [-0.05, 0) is 25.7 Å². The maximum Gasteiger partial charge on any atom is 0.0383 e. The molecule has 0 unspecified atom stereocenters. The fourth-order valence-electron chi connectivity index (χ4n) is 1.57. The molecule has 1 aromatic rings. The smallest absolute Gasteiger partial charge is 0.0383 e. The Balaban J connectivity index is 2.55. The van der Waals surface area contributed by atoms with Crippen LogP contribution < -0.4 is 10.6 Å². The molecule has 0 heterocycles. The van der Waals surface area contributed by atoms with Crippen molar-refractivity contribution in [3.05, 3.63) is 29.8 Å². The summed E-state index contributed by atoms with van der Waals surface area (Å²) in [4.78, 5) is 2.31. The van der Waals surface area contributed by atoms with Crippen LogP contribution in [0, 0.1) is 0 Å². The van der Waals surface area contributed by atoms with Crippen LogP contribution in [0.15, 0.2) is 24.3 Å². The molecule has 0 saturated heterocycles. The molecule has 0 saturated carbocycles. The quantitative estimate of drug-likeness (QED) is 0.738. The lowest BCUT2D eigenvalue weighted by Crippen LogP contribution is -2.27. The van der Waals surface area contributed by atoms with Crippen molar-refractivity contribution in [2.45, 2.75) is 6.54 Å². The Bertz CT molecular complexity index is 286. The molecule has 15 heavy (non-hydrogen) atoms. The Morgan fingerprint density at radius 1 is 1.20 bits per heavy atom. The number of hydrogen-bond acceptors (Lipinski definition) is 3. The molecule has 3 nitrogen and oxygen atoms in total. The fourth-order valence-corrected chi connectivity index (χ4v) is 1.57. The SMILES string of the molecule is CNCCN(C)Cc1ccccc1NC. The van der Waals surface area contributed by atoms with Crippen LogP contribution in [0.5, 0.6) is 0 Å². The molecule has 2 N–H and O–H groups in total. The van der Waals surface area contributed by atoms with E-state index in [4.69, 9.17) is 0 Å². The van der Waals surface area contributed by atoms with E-state index in [1.165, 1.54) is 11.3 Å². The summed E-state index contributed by atoms with van der Waals surface area (Å²) in [6.07, 6.45) is 0. The molecule has 0 fully saturated rings. The number of nitrogens with zero attached hydrogens (tertiary/aromatic N) is 1.